The Morgan fingerprint density at radius 1 is 1.47 bits per heavy atom. The third-order valence-electron chi connectivity index (χ3n) is 3.53. The van der Waals surface area contributed by atoms with Gasteiger partial charge in [0.25, 0.3) is 0 Å². The van der Waals surface area contributed by atoms with Gasteiger partial charge >= 0.3 is 0 Å². The first-order chi connectivity index (χ1) is 8.27. The fourth-order valence-corrected chi connectivity index (χ4v) is 2.59. The van der Waals surface area contributed by atoms with E-state index in [1.165, 1.54) is 0 Å². The van der Waals surface area contributed by atoms with Crippen LogP contribution in [0.5, 0.6) is 5.75 Å². The lowest BCUT2D eigenvalue weighted by molar-refractivity contribution is 0.0298. The molecule has 0 aromatic heterocycles. The molecule has 1 aliphatic rings. The molecule has 1 N–H and O–H groups in total. The molecule has 94 valence electrons. The van der Waals surface area contributed by atoms with Crippen LogP contribution in [-0.2, 0) is 4.74 Å². The molecule has 1 fully saturated rings. The number of para-hydroxylation sites is 1. The van der Waals surface area contributed by atoms with E-state index < -0.39 is 6.10 Å². The van der Waals surface area contributed by atoms with E-state index in [0.29, 0.717) is 0 Å². The number of hydrogen-bond acceptors (Lipinski definition) is 3. The average molecular weight is 236 g/mol. The lowest BCUT2D eigenvalue weighted by atomic mass is 9.88. The SMILES string of the molecule is CCC1OCCC1C(O)c1ccccc1OC. The maximum Gasteiger partial charge on any atom is 0.124 e. The summed E-state index contributed by atoms with van der Waals surface area (Å²) in [6.07, 6.45) is 1.52. The van der Waals surface area contributed by atoms with Gasteiger partial charge in [-0.3, -0.25) is 0 Å². The van der Waals surface area contributed by atoms with E-state index in [1.807, 2.05) is 24.3 Å². The van der Waals surface area contributed by atoms with Crippen LogP contribution in [-0.4, -0.2) is 24.9 Å². The minimum Gasteiger partial charge on any atom is -0.496 e. The Hall–Kier alpha value is -1.06. The highest BCUT2D eigenvalue weighted by atomic mass is 16.5. The molecule has 3 unspecified atom stereocenters. The van der Waals surface area contributed by atoms with Crippen molar-refractivity contribution >= 4 is 0 Å². The molecule has 2 rings (SSSR count). The van der Waals surface area contributed by atoms with E-state index >= 15 is 0 Å². The summed E-state index contributed by atoms with van der Waals surface area (Å²) in [6.45, 7) is 2.84. The van der Waals surface area contributed by atoms with Crippen molar-refractivity contribution in [1.29, 1.82) is 0 Å². The molecule has 0 saturated carbocycles. The van der Waals surface area contributed by atoms with Crippen LogP contribution in [0.3, 0.4) is 0 Å². The van der Waals surface area contributed by atoms with Crippen LogP contribution in [0.15, 0.2) is 24.3 Å². The topological polar surface area (TPSA) is 38.7 Å². The number of ether oxygens (including phenoxy) is 2. The third-order valence-corrected chi connectivity index (χ3v) is 3.53. The maximum atomic E-state index is 10.5. The molecule has 3 atom stereocenters. The summed E-state index contributed by atoms with van der Waals surface area (Å²) < 4.78 is 10.9. The highest BCUT2D eigenvalue weighted by Crippen LogP contribution is 2.37. The van der Waals surface area contributed by atoms with Crippen LogP contribution in [0.1, 0.15) is 31.4 Å². The van der Waals surface area contributed by atoms with E-state index in [1.54, 1.807) is 7.11 Å². The second-order valence-electron chi connectivity index (χ2n) is 4.46. The average Bonchev–Trinajstić information content (AvgIpc) is 2.86. The Morgan fingerprint density at radius 3 is 2.94 bits per heavy atom. The summed E-state index contributed by atoms with van der Waals surface area (Å²) >= 11 is 0. The highest BCUT2D eigenvalue weighted by molar-refractivity contribution is 5.35. The first-order valence-electron chi connectivity index (χ1n) is 6.20. The van der Waals surface area contributed by atoms with Crippen molar-refractivity contribution in [1.82, 2.24) is 0 Å². The van der Waals surface area contributed by atoms with Gasteiger partial charge in [-0.15, -0.1) is 0 Å². The van der Waals surface area contributed by atoms with Gasteiger partial charge in [0.05, 0.1) is 19.3 Å². The minimum absolute atomic E-state index is 0.162. The minimum atomic E-state index is -0.501. The second kappa shape index (κ2) is 5.52. The summed E-state index contributed by atoms with van der Waals surface area (Å²) in [7, 11) is 1.63. The molecular formula is C14H20O3. The quantitative estimate of drug-likeness (QED) is 0.873. The molecule has 0 radical (unpaired) electrons. The van der Waals surface area contributed by atoms with E-state index in [-0.39, 0.29) is 12.0 Å². The van der Waals surface area contributed by atoms with Crippen LogP contribution < -0.4 is 4.74 Å². The van der Waals surface area contributed by atoms with Gasteiger partial charge in [-0.05, 0) is 18.9 Å². The lowest BCUT2D eigenvalue weighted by Gasteiger charge is -2.24. The third kappa shape index (κ3) is 2.45. The highest BCUT2D eigenvalue weighted by Gasteiger charge is 2.34. The van der Waals surface area contributed by atoms with Crippen LogP contribution in [0.25, 0.3) is 0 Å². The Balaban J connectivity index is 2.21. The van der Waals surface area contributed by atoms with E-state index in [9.17, 15) is 5.11 Å². The molecule has 3 nitrogen and oxygen atoms in total. The first kappa shape index (κ1) is 12.4. The summed E-state index contributed by atoms with van der Waals surface area (Å²) in [4.78, 5) is 0. The molecular weight excluding hydrogens is 216 g/mol. The van der Waals surface area contributed by atoms with Crippen molar-refractivity contribution in [2.45, 2.75) is 32.0 Å². The molecule has 1 aromatic rings. The van der Waals surface area contributed by atoms with Gasteiger partial charge in [0, 0.05) is 18.1 Å². The number of aliphatic hydroxyl groups is 1. The monoisotopic (exact) mass is 236 g/mol. The standard InChI is InChI=1S/C14H20O3/c1-3-12-11(8-9-17-12)14(15)10-6-4-5-7-13(10)16-2/h4-7,11-12,14-15H,3,8-9H2,1-2H3. The Labute approximate surface area is 102 Å². The molecule has 3 heteroatoms. The maximum absolute atomic E-state index is 10.5. The van der Waals surface area contributed by atoms with Gasteiger partial charge in [-0.1, -0.05) is 25.1 Å². The zero-order valence-electron chi connectivity index (χ0n) is 10.4. The largest absolute Gasteiger partial charge is 0.496 e. The molecule has 1 saturated heterocycles. The summed E-state index contributed by atoms with van der Waals surface area (Å²) in [5, 5.41) is 10.5. The molecule has 0 aliphatic carbocycles. The number of aliphatic hydroxyl groups excluding tert-OH is 1. The normalized spacial score (nSPS) is 25.8. The number of methoxy groups -OCH3 is 1. The molecule has 1 heterocycles. The Kier molecular flexibility index (Phi) is 4.02. The van der Waals surface area contributed by atoms with Crippen molar-refractivity contribution in [2.75, 3.05) is 13.7 Å². The van der Waals surface area contributed by atoms with Crippen molar-refractivity contribution in [3.8, 4) is 5.75 Å². The fourth-order valence-electron chi connectivity index (χ4n) is 2.59. The molecule has 0 bridgehead atoms. The number of hydrogen-bond donors (Lipinski definition) is 1. The van der Waals surface area contributed by atoms with Crippen LogP contribution in [0.4, 0.5) is 0 Å². The smallest absolute Gasteiger partial charge is 0.124 e. The van der Waals surface area contributed by atoms with Gasteiger partial charge in [-0.2, -0.15) is 0 Å². The molecule has 1 aliphatic heterocycles. The Morgan fingerprint density at radius 2 is 2.24 bits per heavy atom. The second-order valence-corrected chi connectivity index (χ2v) is 4.46. The lowest BCUT2D eigenvalue weighted by Crippen LogP contribution is -2.22. The van der Waals surface area contributed by atoms with Gasteiger partial charge in [0.2, 0.25) is 0 Å². The van der Waals surface area contributed by atoms with E-state index in [4.69, 9.17) is 9.47 Å². The first-order valence-corrected chi connectivity index (χ1v) is 6.20. The van der Waals surface area contributed by atoms with Gasteiger partial charge in [0.15, 0.2) is 0 Å². The fraction of sp³-hybridized carbons (Fsp3) is 0.571. The Bertz CT molecular complexity index is 364. The number of benzene rings is 1. The van der Waals surface area contributed by atoms with Crippen LogP contribution >= 0.6 is 0 Å². The van der Waals surface area contributed by atoms with E-state index in [2.05, 4.69) is 6.92 Å². The molecule has 0 spiro atoms. The predicted molar refractivity (Wildman–Crippen MR) is 66.1 cm³/mol. The molecule has 1 aromatic carbocycles. The van der Waals surface area contributed by atoms with Crippen LogP contribution in [0, 0.1) is 5.92 Å². The summed E-state index contributed by atoms with van der Waals surface area (Å²) in [5.74, 6) is 0.929. The summed E-state index contributed by atoms with van der Waals surface area (Å²) in [6, 6.07) is 7.65. The predicted octanol–water partition coefficient (Wildman–Crippen LogP) is 2.54. The summed E-state index contributed by atoms with van der Waals surface area (Å²) in [5.41, 5.74) is 0.865. The van der Waals surface area contributed by atoms with E-state index in [0.717, 1.165) is 30.8 Å². The number of rotatable bonds is 4. The van der Waals surface area contributed by atoms with Gasteiger partial charge in [0.1, 0.15) is 5.75 Å². The van der Waals surface area contributed by atoms with Gasteiger partial charge < -0.3 is 14.6 Å². The van der Waals surface area contributed by atoms with Crippen molar-refractivity contribution < 1.29 is 14.6 Å². The molecule has 17 heavy (non-hydrogen) atoms. The zero-order valence-corrected chi connectivity index (χ0v) is 10.4. The van der Waals surface area contributed by atoms with Crippen LogP contribution in [0.2, 0.25) is 0 Å². The molecule has 0 amide bonds. The zero-order chi connectivity index (χ0) is 12.3. The van der Waals surface area contributed by atoms with Crippen molar-refractivity contribution in [3.05, 3.63) is 29.8 Å². The van der Waals surface area contributed by atoms with Crippen molar-refractivity contribution in [2.24, 2.45) is 5.92 Å². The van der Waals surface area contributed by atoms with Crippen molar-refractivity contribution in [3.63, 3.8) is 0 Å². The van der Waals surface area contributed by atoms with Gasteiger partial charge in [-0.25, -0.2) is 0 Å².